The Bertz CT molecular complexity index is 1370. The molecule has 38 heavy (non-hydrogen) atoms. The maximum absolute atomic E-state index is 13.6. The molecule has 3 aromatic carbocycles. The first-order chi connectivity index (χ1) is 18.5. The molecule has 9 heteroatoms. The molecule has 196 valence electrons. The van der Waals surface area contributed by atoms with E-state index in [-0.39, 0.29) is 18.3 Å². The van der Waals surface area contributed by atoms with Crippen LogP contribution in [0.25, 0.3) is 16.9 Å². The van der Waals surface area contributed by atoms with E-state index >= 15 is 0 Å². The summed E-state index contributed by atoms with van der Waals surface area (Å²) in [5.74, 6) is -0.133. The van der Waals surface area contributed by atoms with E-state index in [0.29, 0.717) is 48.1 Å². The zero-order chi connectivity index (χ0) is 26.9. The van der Waals surface area contributed by atoms with Crippen molar-refractivity contribution in [3.63, 3.8) is 0 Å². The van der Waals surface area contributed by atoms with E-state index < -0.39 is 5.91 Å². The van der Waals surface area contributed by atoms with E-state index in [0.717, 1.165) is 5.56 Å². The Morgan fingerprint density at radius 2 is 1.74 bits per heavy atom. The molecular weight excluding hydrogens is 487 g/mol. The Labute approximate surface area is 220 Å². The Kier molecular flexibility index (Phi) is 8.84. The van der Waals surface area contributed by atoms with E-state index in [9.17, 15) is 14.0 Å². The second-order valence-corrected chi connectivity index (χ2v) is 8.52. The Morgan fingerprint density at radius 3 is 2.45 bits per heavy atom. The van der Waals surface area contributed by atoms with Gasteiger partial charge in [-0.3, -0.25) is 9.59 Å². The highest BCUT2D eigenvalue weighted by atomic mass is 19.1. The molecule has 1 N–H and O–H groups in total. The predicted octanol–water partition coefficient (Wildman–Crippen LogP) is 4.80. The molecule has 0 bridgehead atoms. The normalized spacial score (nSPS) is 10.7. The Hall–Kier alpha value is -4.50. The number of hydrogen-bond donors (Lipinski definition) is 1. The van der Waals surface area contributed by atoms with Gasteiger partial charge in [-0.15, -0.1) is 0 Å². The molecule has 4 aromatic rings. The molecule has 8 nitrogen and oxygen atoms in total. The number of nitrogens with one attached hydrogen (secondary N) is 1. The van der Waals surface area contributed by atoms with Crippen LogP contribution in [0.5, 0.6) is 5.75 Å². The molecule has 0 unspecified atom stereocenters. The number of ether oxygens (including phenoxy) is 2. The second-order valence-electron chi connectivity index (χ2n) is 8.52. The minimum Gasteiger partial charge on any atom is -0.497 e. The number of carbonyl (C=O) groups excluding carboxylic acids is 2. The molecule has 0 fully saturated rings. The number of anilines is 1. The fraction of sp³-hybridized carbons (Fsp3) is 0.207. The number of benzene rings is 3. The summed E-state index contributed by atoms with van der Waals surface area (Å²) in [6.07, 6.45) is 0.561. The van der Waals surface area contributed by atoms with E-state index in [1.807, 2.05) is 30.3 Å². The molecule has 0 aliphatic carbocycles. The number of amides is 2. The van der Waals surface area contributed by atoms with E-state index in [1.54, 1.807) is 54.3 Å². The minimum atomic E-state index is -0.401. The Morgan fingerprint density at radius 1 is 0.974 bits per heavy atom. The largest absolute Gasteiger partial charge is 0.497 e. The fourth-order valence-corrected chi connectivity index (χ4v) is 3.95. The number of aromatic nitrogens is 2. The van der Waals surface area contributed by atoms with Crippen molar-refractivity contribution in [2.45, 2.75) is 6.42 Å². The van der Waals surface area contributed by atoms with Crippen molar-refractivity contribution >= 4 is 17.6 Å². The van der Waals surface area contributed by atoms with Gasteiger partial charge < -0.3 is 19.7 Å². The van der Waals surface area contributed by atoms with Gasteiger partial charge in [0.15, 0.2) is 0 Å². The highest BCUT2D eigenvalue weighted by Gasteiger charge is 2.21. The summed E-state index contributed by atoms with van der Waals surface area (Å²) in [6.45, 7) is 0.583. The average molecular weight is 517 g/mol. The zero-order valence-electron chi connectivity index (χ0n) is 21.3. The van der Waals surface area contributed by atoms with Crippen LogP contribution in [0, 0.1) is 5.82 Å². The average Bonchev–Trinajstić information content (AvgIpc) is 3.36. The number of nitrogens with zero attached hydrogens (tertiary/aromatic N) is 3. The first-order valence-electron chi connectivity index (χ1n) is 12.1. The molecule has 0 atom stereocenters. The lowest BCUT2D eigenvalue weighted by atomic mass is 10.1. The SMILES string of the molecule is COCCCN(CC(=O)Nc1cc(-c2ccccc2)nn1-c1ccc(F)cc1)C(=O)c1cccc(OC)c1. The monoisotopic (exact) mass is 516 g/mol. The molecule has 0 aliphatic rings. The van der Waals surface area contributed by atoms with E-state index in [1.165, 1.54) is 24.1 Å². The summed E-state index contributed by atoms with van der Waals surface area (Å²) in [5.41, 5.74) is 2.48. The van der Waals surface area contributed by atoms with Crippen molar-refractivity contribution in [3.05, 3.63) is 96.3 Å². The minimum absolute atomic E-state index is 0.185. The van der Waals surface area contributed by atoms with E-state index in [2.05, 4.69) is 10.4 Å². The van der Waals surface area contributed by atoms with Crippen molar-refractivity contribution in [1.29, 1.82) is 0 Å². The number of carbonyl (C=O) groups is 2. The van der Waals surface area contributed by atoms with Gasteiger partial charge in [-0.2, -0.15) is 5.10 Å². The third kappa shape index (κ3) is 6.63. The van der Waals surface area contributed by atoms with Gasteiger partial charge in [0.05, 0.1) is 18.5 Å². The van der Waals surface area contributed by atoms with Gasteiger partial charge in [0.1, 0.15) is 23.9 Å². The van der Waals surface area contributed by atoms with Crippen molar-refractivity contribution in [2.75, 3.05) is 39.2 Å². The quantitative estimate of drug-likeness (QED) is 0.289. The molecule has 0 aliphatic heterocycles. The van der Waals surface area contributed by atoms with Crippen molar-refractivity contribution in [2.24, 2.45) is 0 Å². The lowest BCUT2D eigenvalue weighted by Crippen LogP contribution is -2.39. The number of rotatable bonds is 11. The summed E-state index contributed by atoms with van der Waals surface area (Å²) in [6, 6.07) is 23.9. The smallest absolute Gasteiger partial charge is 0.254 e. The molecule has 1 heterocycles. The van der Waals surface area contributed by atoms with Crippen LogP contribution in [-0.2, 0) is 9.53 Å². The summed E-state index contributed by atoms with van der Waals surface area (Å²) in [5, 5.41) is 7.53. The van der Waals surface area contributed by atoms with Crippen molar-refractivity contribution < 1.29 is 23.5 Å². The maximum Gasteiger partial charge on any atom is 0.254 e. The van der Waals surface area contributed by atoms with Gasteiger partial charge in [-0.1, -0.05) is 36.4 Å². The standard InChI is InChI=1S/C29H29FN4O4/c1-37-17-7-16-33(29(36)22-10-6-11-25(18-22)38-2)20-28(35)31-27-19-26(21-8-4-3-5-9-21)32-34(27)24-14-12-23(30)13-15-24/h3-6,8-15,18-19H,7,16-17,20H2,1-2H3,(H,31,35). The van der Waals surface area contributed by atoms with Crippen LogP contribution >= 0.6 is 0 Å². The topological polar surface area (TPSA) is 85.7 Å². The molecule has 4 rings (SSSR count). The van der Waals surface area contributed by atoms with Crippen LogP contribution in [-0.4, -0.2) is 60.4 Å². The van der Waals surface area contributed by atoms with Crippen molar-refractivity contribution in [1.82, 2.24) is 14.7 Å². The number of methoxy groups -OCH3 is 2. The molecular formula is C29H29FN4O4. The molecule has 1 aromatic heterocycles. The van der Waals surface area contributed by atoms with Crippen LogP contribution in [0.2, 0.25) is 0 Å². The highest BCUT2D eigenvalue weighted by Crippen LogP contribution is 2.25. The number of hydrogen-bond acceptors (Lipinski definition) is 5. The van der Waals surface area contributed by atoms with Gasteiger partial charge in [0.25, 0.3) is 5.91 Å². The summed E-state index contributed by atoms with van der Waals surface area (Å²) in [4.78, 5) is 28.0. The fourth-order valence-electron chi connectivity index (χ4n) is 3.95. The van der Waals surface area contributed by atoms with Gasteiger partial charge in [0, 0.05) is 37.5 Å². The number of halogens is 1. The van der Waals surface area contributed by atoms with Gasteiger partial charge in [0.2, 0.25) is 5.91 Å². The van der Waals surface area contributed by atoms with Crippen LogP contribution in [0.1, 0.15) is 16.8 Å². The lowest BCUT2D eigenvalue weighted by Gasteiger charge is -2.22. The summed E-state index contributed by atoms with van der Waals surface area (Å²) < 4.78 is 25.5. The van der Waals surface area contributed by atoms with Crippen LogP contribution in [0.15, 0.2) is 84.9 Å². The molecule has 2 amide bonds. The predicted molar refractivity (Wildman–Crippen MR) is 143 cm³/mol. The lowest BCUT2D eigenvalue weighted by molar-refractivity contribution is -0.117. The van der Waals surface area contributed by atoms with Crippen molar-refractivity contribution in [3.8, 4) is 22.7 Å². The first-order valence-corrected chi connectivity index (χ1v) is 12.1. The van der Waals surface area contributed by atoms with Crippen LogP contribution in [0.3, 0.4) is 0 Å². The van der Waals surface area contributed by atoms with E-state index in [4.69, 9.17) is 9.47 Å². The van der Waals surface area contributed by atoms with Crippen LogP contribution in [0.4, 0.5) is 10.2 Å². The van der Waals surface area contributed by atoms with Gasteiger partial charge in [-0.05, 0) is 48.9 Å². The molecule has 0 spiro atoms. The summed E-state index contributed by atoms with van der Waals surface area (Å²) in [7, 11) is 3.11. The first kappa shape index (κ1) is 26.6. The van der Waals surface area contributed by atoms with Crippen LogP contribution < -0.4 is 10.1 Å². The molecule has 0 saturated heterocycles. The van der Waals surface area contributed by atoms with Gasteiger partial charge >= 0.3 is 0 Å². The summed E-state index contributed by atoms with van der Waals surface area (Å²) >= 11 is 0. The third-order valence-electron chi connectivity index (χ3n) is 5.83. The maximum atomic E-state index is 13.6. The highest BCUT2D eigenvalue weighted by molar-refractivity contribution is 5.99. The molecule has 0 radical (unpaired) electrons. The zero-order valence-corrected chi connectivity index (χ0v) is 21.3. The Balaban J connectivity index is 1.59. The second kappa shape index (κ2) is 12.6. The molecule has 0 saturated carbocycles. The van der Waals surface area contributed by atoms with Gasteiger partial charge in [-0.25, -0.2) is 9.07 Å². The third-order valence-corrected chi connectivity index (χ3v) is 5.83.